The Balaban J connectivity index is 1.87. The summed E-state index contributed by atoms with van der Waals surface area (Å²) < 4.78 is 21.4. The Morgan fingerprint density at radius 3 is 2.00 bits per heavy atom. The molecule has 1 N–H and O–H groups in total. The van der Waals surface area contributed by atoms with Crippen LogP contribution in [0.3, 0.4) is 0 Å². The number of ether oxygens (including phenoxy) is 4. The highest BCUT2D eigenvalue weighted by Gasteiger charge is 2.41. The van der Waals surface area contributed by atoms with E-state index in [1.54, 1.807) is 66.7 Å². The van der Waals surface area contributed by atoms with E-state index in [1.807, 2.05) is 0 Å². The molecule has 0 saturated carbocycles. The van der Waals surface area contributed by atoms with Crippen molar-refractivity contribution in [3.05, 3.63) is 78.0 Å². The molecule has 0 atom stereocenters. The zero-order valence-electron chi connectivity index (χ0n) is 19.2. The maximum Gasteiger partial charge on any atom is 0.282 e. The SMILES string of the molecule is COc1cc(NC2=C(c3ccccc3OC)C(=O)N(c3cccc(OC)c3)C2=O)cc(OC)c1. The first-order valence-corrected chi connectivity index (χ1v) is 10.4. The topological polar surface area (TPSA) is 86.3 Å². The lowest BCUT2D eigenvalue weighted by Crippen LogP contribution is -2.32. The van der Waals surface area contributed by atoms with Crippen LogP contribution in [0.25, 0.3) is 5.57 Å². The number of para-hydroxylation sites is 1. The Hall–Kier alpha value is -4.46. The van der Waals surface area contributed by atoms with Gasteiger partial charge in [-0.25, -0.2) is 4.90 Å². The lowest BCUT2D eigenvalue weighted by Gasteiger charge is -2.16. The first kappa shape index (κ1) is 22.7. The van der Waals surface area contributed by atoms with Crippen molar-refractivity contribution in [3.8, 4) is 23.0 Å². The molecule has 0 bridgehead atoms. The third-order valence-electron chi connectivity index (χ3n) is 5.39. The number of methoxy groups -OCH3 is 4. The zero-order chi connectivity index (χ0) is 24.2. The van der Waals surface area contributed by atoms with Crippen LogP contribution in [0, 0.1) is 0 Å². The van der Waals surface area contributed by atoms with Crippen molar-refractivity contribution < 1.29 is 28.5 Å². The van der Waals surface area contributed by atoms with Crippen LogP contribution in [0.5, 0.6) is 23.0 Å². The van der Waals surface area contributed by atoms with Gasteiger partial charge < -0.3 is 24.3 Å². The average molecular weight is 460 g/mol. The van der Waals surface area contributed by atoms with Gasteiger partial charge >= 0.3 is 0 Å². The van der Waals surface area contributed by atoms with Gasteiger partial charge in [-0.3, -0.25) is 9.59 Å². The molecule has 174 valence electrons. The van der Waals surface area contributed by atoms with Gasteiger partial charge in [-0.15, -0.1) is 0 Å². The second kappa shape index (κ2) is 9.58. The Morgan fingerprint density at radius 2 is 1.35 bits per heavy atom. The second-order valence-electron chi connectivity index (χ2n) is 7.32. The van der Waals surface area contributed by atoms with Crippen LogP contribution in [-0.2, 0) is 9.59 Å². The molecule has 0 aliphatic carbocycles. The summed E-state index contributed by atoms with van der Waals surface area (Å²) in [6.07, 6.45) is 0. The van der Waals surface area contributed by atoms with E-state index in [1.165, 1.54) is 28.4 Å². The molecule has 1 aliphatic rings. The van der Waals surface area contributed by atoms with Crippen LogP contribution < -0.4 is 29.2 Å². The van der Waals surface area contributed by atoms with Crippen molar-refractivity contribution in [2.24, 2.45) is 0 Å². The van der Waals surface area contributed by atoms with Gasteiger partial charge in [-0.1, -0.05) is 24.3 Å². The molecule has 0 aromatic heterocycles. The van der Waals surface area contributed by atoms with Crippen molar-refractivity contribution >= 4 is 28.8 Å². The molecule has 3 aromatic rings. The first-order valence-electron chi connectivity index (χ1n) is 10.4. The van der Waals surface area contributed by atoms with Crippen molar-refractivity contribution in [3.63, 3.8) is 0 Å². The molecule has 4 rings (SSSR count). The number of rotatable bonds is 8. The number of hydrogen-bond acceptors (Lipinski definition) is 7. The third-order valence-corrected chi connectivity index (χ3v) is 5.39. The van der Waals surface area contributed by atoms with Crippen LogP contribution in [-0.4, -0.2) is 40.3 Å². The summed E-state index contributed by atoms with van der Waals surface area (Å²) in [5.41, 5.74) is 1.69. The molecule has 3 aromatic carbocycles. The molecule has 1 heterocycles. The fourth-order valence-corrected chi connectivity index (χ4v) is 3.75. The van der Waals surface area contributed by atoms with Crippen LogP contribution in [0.1, 0.15) is 5.56 Å². The molecular weight excluding hydrogens is 436 g/mol. The number of nitrogens with one attached hydrogen (secondary N) is 1. The number of nitrogens with zero attached hydrogens (tertiary/aromatic N) is 1. The minimum absolute atomic E-state index is 0.104. The smallest absolute Gasteiger partial charge is 0.282 e. The van der Waals surface area contributed by atoms with E-state index < -0.39 is 11.8 Å². The number of imide groups is 1. The minimum Gasteiger partial charge on any atom is -0.497 e. The Labute approximate surface area is 197 Å². The van der Waals surface area contributed by atoms with Crippen molar-refractivity contribution in [2.45, 2.75) is 0 Å². The van der Waals surface area contributed by atoms with Gasteiger partial charge in [0.05, 0.1) is 39.7 Å². The number of carbonyl (C=O) groups is 2. The maximum atomic E-state index is 13.7. The number of amides is 2. The number of anilines is 2. The molecule has 0 radical (unpaired) electrons. The quantitative estimate of drug-likeness (QED) is 0.506. The summed E-state index contributed by atoms with van der Waals surface area (Å²) in [5, 5.41) is 3.12. The van der Waals surface area contributed by atoms with Gasteiger partial charge in [-0.2, -0.15) is 0 Å². The predicted octanol–water partition coefficient (Wildman–Crippen LogP) is 4.12. The largest absolute Gasteiger partial charge is 0.497 e. The van der Waals surface area contributed by atoms with Crippen LogP contribution in [0.2, 0.25) is 0 Å². The third kappa shape index (κ3) is 4.13. The van der Waals surface area contributed by atoms with E-state index in [-0.39, 0.29) is 11.3 Å². The standard InChI is InChI=1S/C26H24N2O6/c1-31-18-9-7-8-17(14-18)28-25(29)23(21-10-5-6-11-22(21)34-4)24(26(28)30)27-16-12-19(32-2)15-20(13-16)33-3/h5-15,27H,1-4H3. The molecule has 0 saturated heterocycles. The molecule has 2 amide bonds. The van der Waals surface area contributed by atoms with Gasteiger partial charge in [0, 0.05) is 35.5 Å². The molecule has 8 heteroatoms. The van der Waals surface area contributed by atoms with Crippen molar-refractivity contribution in [1.82, 2.24) is 0 Å². The monoisotopic (exact) mass is 460 g/mol. The van der Waals surface area contributed by atoms with E-state index >= 15 is 0 Å². The number of hydrogen-bond donors (Lipinski definition) is 1. The molecule has 34 heavy (non-hydrogen) atoms. The summed E-state index contributed by atoms with van der Waals surface area (Å²) in [4.78, 5) is 28.5. The number of benzene rings is 3. The zero-order valence-corrected chi connectivity index (χ0v) is 19.2. The van der Waals surface area contributed by atoms with E-state index in [0.29, 0.717) is 39.9 Å². The highest BCUT2D eigenvalue weighted by molar-refractivity contribution is 6.46. The molecule has 0 spiro atoms. The average Bonchev–Trinajstić information content (AvgIpc) is 3.12. The summed E-state index contributed by atoms with van der Waals surface area (Å²) in [5.74, 6) is 1.05. The van der Waals surface area contributed by atoms with E-state index in [2.05, 4.69) is 5.32 Å². The Morgan fingerprint density at radius 1 is 0.676 bits per heavy atom. The van der Waals surface area contributed by atoms with Crippen molar-refractivity contribution in [2.75, 3.05) is 38.7 Å². The summed E-state index contributed by atoms with van der Waals surface area (Å²) >= 11 is 0. The van der Waals surface area contributed by atoms with E-state index in [9.17, 15) is 9.59 Å². The van der Waals surface area contributed by atoms with Gasteiger partial charge in [0.1, 0.15) is 28.7 Å². The molecule has 0 fully saturated rings. The maximum absolute atomic E-state index is 13.7. The highest BCUT2D eigenvalue weighted by Crippen LogP contribution is 2.38. The molecule has 8 nitrogen and oxygen atoms in total. The normalized spacial score (nSPS) is 13.2. The summed E-state index contributed by atoms with van der Waals surface area (Å²) in [7, 11) is 6.11. The second-order valence-corrected chi connectivity index (χ2v) is 7.32. The Bertz CT molecular complexity index is 1260. The lowest BCUT2D eigenvalue weighted by molar-refractivity contribution is -0.120. The highest BCUT2D eigenvalue weighted by atomic mass is 16.5. The minimum atomic E-state index is -0.513. The lowest BCUT2D eigenvalue weighted by atomic mass is 10.0. The molecular formula is C26H24N2O6. The fourth-order valence-electron chi connectivity index (χ4n) is 3.75. The van der Waals surface area contributed by atoms with Gasteiger partial charge in [0.25, 0.3) is 11.8 Å². The molecule has 0 unspecified atom stereocenters. The van der Waals surface area contributed by atoms with Crippen LogP contribution >= 0.6 is 0 Å². The van der Waals surface area contributed by atoms with Gasteiger partial charge in [-0.05, 0) is 18.2 Å². The van der Waals surface area contributed by atoms with Gasteiger partial charge in [0.2, 0.25) is 0 Å². The van der Waals surface area contributed by atoms with Crippen LogP contribution in [0.15, 0.2) is 72.4 Å². The van der Waals surface area contributed by atoms with Gasteiger partial charge in [0.15, 0.2) is 0 Å². The predicted molar refractivity (Wildman–Crippen MR) is 129 cm³/mol. The number of carbonyl (C=O) groups excluding carboxylic acids is 2. The fraction of sp³-hybridized carbons (Fsp3) is 0.154. The Kier molecular flexibility index (Phi) is 6.40. The van der Waals surface area contributed by atoms with Crippen molar-refractivity contribution in [1.29, 1.82) is 0 Å². The van der Waals surface area contributed by atoms with E-state index in [4.69, 9.17) is 18.9 Å². The molecule has 1 aliphatic heterocycles. The van der Waals surface area contributed by atoms with Crippen LogP contribution in [0.4, 0.5) is 11.4 Å². The summed E-state index contributed by atoms with van der Waals surface area (Å²) in [6, 6.07) is 19.0. The first-order chi connectivity index (χ1) is 16.5. The van der Waals surface area contributed by atoms with E-state index in [0.717, 1.165) is 4.90 Å². The summed E-state index contributed by atoms with van der Waals surface area (Å²) in [6.45, 7) is 0.